The summed E-state index contributed by atoms with van der Waals surface area (Å²) in [6.45, 7) is 4.86. The SMILES string of the molecule is CC(C)(C)C(=O)CC(C(=O)O)C(=O)O. The molecule has 0 fully saturated rings. The van der Waals surface area contributed by atoms with Gasteiger partial charge in [0.15, 0.2) is 5.92 Å². The van der Waals surface area contributed by atoms with E-state index in [4.69, 9.17) is 10.2 Å². The number of carboxylic acids is 2. The van der Waals surface area contributed by atoms with Crippen LogP contribution in [0.1, 0.15) is 27.2 Å². The molecule has 0 amide bonds. The van der Waals surface area contributed by atoms with Crippen molar-refractivity contribution < 1.29 is 24.6 Å². The number of hydrogen-bond acceptors (Lipinski definition) is 3. The largest absolute Gasteiger partial charge is 0.481 e. The first-order valence-electron chi connectivity index (χ1n) is 4.15. The molecule has 0 aromatic carbocycles. The number of carbonyl (C=O) groups excluding carboxylic acids is 1. The first-order chi connectivity index (χ1) is 6.16. The van der Waals surface area contributed by atoms with Crippen molar-refractivity contribution in [3.63, 3.8) is 0 Å². The van der Waals surface area contributed by atoms with E-state index >= 15 is 0 Å². The number of rotatable bonds is 4. The highest BCUT2D eigenvalue weighted by atomic mass is 16.4. The van der Waals surface area contributed by atoms with Gasteiger partial charge in [-0.05, 0) is 0 Å². The van der Waals surface area contributed by atoms with Crippen LogP contribution in [0.3, 0.4) is 0 Å². The van der Waals surface area contributed by atoms with Crippen LogP contribution in [-0.2, 0) is 14.4 Å². The Morgan fingerprint density at radius 3 is 1.64 bits per heavy atom. The highest BCUT2D eigenvalue weighted by molar-refractivity contribution is 5.98. The third-order valence-corrected chi connectivity index (χ3v) is 1.82. The zero-order valence-corrected chi connectivity index (χ0v) is 8.40. The summed E-state index contributed by atoms with van der Waals surface area (Å²) in [5.74, 6) is -4.96. The second-order valence-corrected chi connectivity index (χ2v) is 4.11. The van der Waals surface area contributed by atoms with Crippen molar-refractivity contribution in [2.75, 3.05) is 0 Å². The molecule has 0 aromatic rings. The molecule has 5 nitrogen and oxygen atoms in total. The van der Waals surface area contributed by atoms with Crippen molar-refractivity contribution in [3.8, 4) is 0 Å². The Morgan fingerprint density at radius 2 is 1.43 bits per heavy atom. The van der Waals surface area contributed by atoms with Crippen LogP contribution in [-0.4, -0.2) is 27.9 Å². The summed E-state index contributed by atoms with van der Waals surface area (Å²) in [4.78, 5) is 32.3. The van der Waals surface area contributed by atoms with Gasteiger partial charge in [-0.1, -0.05) is 20.8 Å². The van der Waals surface area contributed by atoms with Gasteiger partial charge in [0.2, 0.25) is 0 Å². The summed E-state index contributed by atoms with van der Waals surface area (Å²) in [6, 6.07) is 0. The number of aliphatic carboxylic acids is 2. The Hall–Kier alpha value is -1.39. The average Bonchev–Trinajstić information content (AvgIpc) is 1.96. The fourth-order valence-corrected chi connectivity index (χ4v) is 0.772. The van der Waals surface area contributed by atoms with Crippen LogP contribution in [0.25, 0.3) is 0 Å². The number of Topliss-reactive ketones (excluding diaryl/α,β-unsaturated/α-hetero) is 1. The van der Waals surface area contributed by atoms with Gasteiger partial charge >= 0.3 is 11.9 Å². The van der Waals surface area contributed by atoms with Gasteiger partial charge in [0.1, 0.15) is 5.78 Å². The molecule has 0 unspecified atom stereocenters. The van der Waals surface area contributed by atoms with Gasteiger partial charge in [-0.15, -0.1) is 0 Å². The van der Waals surface area contributed by atoms with Crippen molar-refractivity contribution in [3.05, 3.63) is 0 Å². The van der Waals surface area contributed by atoms with E-state index in [1.807, 2.05) is 0 Å². The van der Waals surface area contributed by atoms with Crippen molar-refractivity contribution in [1.29, 1.82) is 0 Å². The number of ketones is 1. The molecule has 80 valence electrons. The quantitative estimate of drug-likeness (QED) is 0.657. The van der Waals surface area contributed by atoms with Gasteiger partial charge in [-0.25, -0.2) is 0 Å². The van der Waals surface area contributed by atoms with Crippen LogP contribution >= 0.6 is 0 Å². The third kappa shape index (κ3) is 3.55. The molecule has 0 radical (unpaired) electrons. The lowest BCUT2D eigenvalue weighted by Crippen LogP contribution is -2.30. The van der Waals surface area contributed by atoms with E-state index in [-0.39, 0.29) is 5.78 Å². The van der Waals surface area contributed by atoms with Crippen molar-refractivity contribution >= 4 is 17.7 Å². The van der Waals surface area contributed by atoms with E-state index in [0.717, 1.165) is 0 Å². The summed E-state index contributed by atoms with van der Waals surface area (Å²) in [5.41, 5.74) is -0.705. The highest BCUT2D eigenvalue weighted by Gasteiger charge is 2.32. The zero-order chi connectivity index (χ0) is 11.5. The molecule has 0 saturated carbocycles. The molecular weight excluding hydrogens is 188 g/mol. The predicted octanol–water partition coefficient (Wildman–Crippen LogP) is 0.777. The van der Waals surface area contributed by atoms with Crippen LogP contribution in [0.15, 0.2) is 0 Å². The lowest BCUT2D eigenvalue weighted by atomic mass is 9.85. The van der Waals surface area contributed by atoms with Crippen molar-refractivity contribution in [2.24, 2.45) is 11.3 Å². The van der Waals surface area contributed by atoms with Crippen LogP contribution in [0.4, 0.5) is 0 Å². The number of hydrogen-bond donors (Lipinski definition) is 2. The van der Waals surface area contributed by atoms with Gasteiger partial charge in [-0.2, -0.15) is 0 Å². The van der Waals surface area contributed by atoms with E-state index < -0.39 is 29.7 Å². The molecule has 0 heterocycles. The van der Waals surface area contributed by atoms with Gasteiger partial charge in [0.25, 0.3) is 0 Å². The summed E-state index contributed by atoms with van der Waals surface area (Å²) < 4.78 is 0. The Kier molecular flexibility index (Phi) is 3.80. The predicted molar refractivity (Wildman–Crippen MR) is 47.8 cm³/mol. The molecule has 0 saturated heterocycles. The monoisotopic (exact) mass is 202 g/mol. The Balaban J connectivity index is 4.56. The van der Waals surface area contributed by atoms with Gasteiger partial charge in [0.05, 0.1) is 0 Å². The fourth-order valence-electron chi connectivity index (χ4n) is 0.772. The maximum atomic E-state index is 11.4. The van der Waals surface area contributed by atoms with Gasteiger partial charge in [-0.3, -0.25) is 14.4 Å². The van der Waals surface area contributed by atoms with Crippen LogP contribution < -0.4 is 0 Å². The first kappa shape index (κ1) is 12.6. The molecule has 0 rings (SSSR count). The molecule has 0 atom stereocenters. The molecular formula is C9H14O5. The summed E-state index contributed by atoms with van der Waals surface area (Å²) >= 11 is 0. The minimum Gasteiger partial charge on any atom is -0.481 e. The maximum Gasteiger partial charge on any atom is 0.318 e. The normalized spacial score (nSPS) is 11.4. The van der Waals surface area contributed by atoms with Crippen LogP contribution in [0.2, 0.25) is 0 Å². The Bertz CT molecular complexity index is 247. The lowest BCUT2D eigenvalue weighted by molar-refractivity contribution is -0.157. The number of carboxylic acid groups (broad SMARTS) is 2. The van der Waals surface area contributed by atoms with E-state index in [1.165, 1.54) is 0 Å². The third-order valence-electron chi connectivity index (χ3n) is 1.82. The van der Waals surface area contributed by atoms with Gasteiger partial charge in [0, 0.05) is 11.8 Å². The van der Waals surface area contributed by atoms with E-state index in [1.54, 1.807) is 20.8 Å². The molecule has 0 aromatic heterocycles. The van der Waals surface area contributed by atoms with Crippen molar-refractivity contribution in [2.45, 2.75) is 27.2 Å². The molecule has 2 N–H and O–H groups in total. The zero-order valence-electron chi connectivity index (χ0n) is 8.40. The minimum absolute atomic E-state index is 0.368. The minimum atomic E-state index is -1.64. The van der Waals surface area contributed by atoms with E-state index in [0.29, 0.717) is 0 Å². The Labute approximate surface area is 81.7 Å². The highest BCUT2D eigenvalue weighted by Crippen LogP contribution is 2.20. The van der Waals surface area contributed by atoms with Crippen molar-refractivity contribution in [1.82, 2.24) is 0 Å². The summed E-state index contributed by atoms with van der Waals surface area (Å²) in [7, 11) is 0. The summed E-state index contributed by atoms with van der Waals surface area (Å²) in [5, 5.41) is 17.1. The first-order valence-corrected chi connectivity index (χ1v) is 4.15. The standard InChI is InChI=1S/C9H14O5/c1-9(2,3)6(10)4-5(7(11)12)8(13)14/h5H,4H2,1-3H3,(H,11,12)(H,13,14). The van der Waals surface area contributed by atoms with E-state index in [2.05, 4.69) is 0 Å². The Morgan fingerprint density at radius 1 is 1.07 bits per heavy atom. The molecule has 14 heavy (non-hydrogen) atoms. The average molecular weight is 202 g/mol. The topological polar surface area (TPSA) is 91.7 Å². The van der Waals surface area contributed by atoms with Crippen LogP contribution in [0.5, 0.6) is 0 Å². The molecule has 5 heteroatoms. The second kappa shape index (κ2) is 4.21. The lowest BCUT2D eigenvalue weighted by Gasteiger charge is -2.17. The molecule has 0 aliphatic rings. The van der Waals surface area contributed by atoms with Crippen LogP contribution in [0, 0.1) is 11.3 Å². The second-order valence-electron chi connectivity index (χ2n) is 4.11. The van der Waals surface area contributed by atoms with Gasteiger partial charge < -0.3 is 10.2 Å². The summed E-state index contributed by atoms with van der Waals surface area (Å²) in [6.07, 6.45) is -0.464. The number of carbonyl (C=O) groups is 3. The molecule has 0 aliphatic carbocycles. The maximum absolute atomic E-state index is 11.4. The molecule has 0 aliphatic heterocycles. The van der Waals surface area contributed by atoms with E-state index in [9.17, 15) is 14.4 Å². The molecule has 0 bridgehead atoms. The smallest absolute Gasteiger partial charge is 0.318 e. The molecule has 0 spiro atoms. The fraction of sp³-hybridized carbons (Fsp3) is 0.667.